The Hall–Kier alpha value is -1.74. The fraction of sp³-hybridized carbons (Fsp3) is 0.267. The molecule has 0 spiro atoms. The van der Waals surface area contributed by atoms with Gasteiger partial charge in [-0.1, -0.05) is 29.8 Å². The number of hydrogen-bond donors (Lipinski definition) is 0. The summed E-state index contributed by atoms with van der Waals surface area (Å²) in [6, 6.07) is 7.05. The van der Waals surface area contributed by atoms with Crippen LogP contribution in [0.4, 0.5) is 0 Å². The van der Waals surface area contributed by atoms with Gasteiger partial charge in [0.1, 0.15) is 0 Å². The number of ether oxygens (including phenoxy) is 2. The maximum atomic E-state index is 12.1. The maximum absolute atomic E-state index is 12.1. The van der Waals surface area contributed by atoms with Crippen LogP contribution in [0.2, 0.25) is 5.02 Å². The van der Waals surface area contributed by atoms with Crippen molar-refractivity contribution in [2.24, 2.45) is 0 Å². The molecule has 1 aliphatic rings. The Morgan fingerprint density at radius 3 is 2.79 bits per heavy atom. The lowest BCUT2D eigenvalue weighted by atomic mass is 9.88. The van der Waals surface area contributed by atoms with E-state index in [9.17, 15) is 4.79 Å². The summed E-state index contributed by atoms with van der Waals surface area (Å²) in [5.74, 6) is -0.410. The minimum absolute atomic E-state index is 0.0311. The second-order valence-corrected chi connectivity index (χ2v) is 4.82. The van der Waals surface area contributed by atoms with Gasteiger partial charge in [0.25, 0.3) is 5.95 Å². The second-order valence-electron chi connectivity index (χ2n) is 4.38. The van der Waals surface area contributed by atoms with Gasteiger partial charge in [0.2, 0.25) is 5.60 Å². The zero-order chi connectivity index (χ0) is 13.9. The number of hydrogen-bond acceptors (Lipinski definition) is 3. The molecule has 1 aromatic carbocycles. The van der Waals surface area contributed by atoms with Crippen LogP contribution in [-0.4, -0.2) is 5.97 Å². The van der Waals surface area contributed by atoms with Gasteiger partial charge in [0, 0.05) is 17.0 Å². The lowest BCUT2D eigenvalue weighted by Gasteiger charge is -2.24. The lowest BCUT2D eigenvalue weighted by molar-refractivity contribution is -0.144. The fourth-order valence-corrected chi connectivity index (χ4v) is 2.34. The summed E-state index contributed by atoms with van der Waals surface area (Å²) in [5.41, 5.74) is -0.446. The molecule has 19 heavy (non-hydrogen) atoms. The number of benzene rings is 1. The minimum Gasteiger partial charge on any atom is -0.442 e. The van der Waals surface area contributed by atoms with E-state index >= 15 is 0 Å². The normalized spacial score (nSPS) is 21.9. The van der Waals surface area contributed by atoms with Gasteiger partial charge in [0.15, 0.2) is 0 Å². The first-order chi connectivity index (χ1) is 9.08. The molecule has 0 bridgehead atoms. The smallest absolute Gasteiger partial charge is 0.363 e. The highest BCUT2D eigenvalue weighted by atomic mass is 35.5. The SMILES string of the molecule is C=CCCCC1(c2cccc(Cl)c2)OC(=C)OC1=O. The molecule has 0 amide bonds. The summed E-state index contributed by atoms with van der Waals surface area (Å²) in [6.45, 7) is 7.23. The zero-order valence-electron chi connectivity index (χ0n) is 10.5. The number of unbranched alkanes of at least 4 members (excludes halogenated alkanes) is 1. The van der Waals surface area contributed by atoms with E-state index in [0.29, 0.717) is 17.0 Å². The first kappa shape index (κ1) is 13.7. The molecule has 0 aliphatic carbocycles. The zero-order valence-corrected chi connectivity index (χ0v) is 11.3. The molecule has 1 fully saturated rings. The molecule has 1 saturated heterocycles. The average Bonchev–Trinajstić information content (AvgIpc) is 2.65. The van der Waals surface area contributed by atoms with E-state index in [-0.39, 0.29) is 5.95 Å². The van der Waals surface area contributed by atoms with Gasteiger partial charge in [-0.05, 0) is 31.6 Å². The van der Waals surface area contributed by atoms with E-state index in [2.05, 4.69) is 13.2 Å². The van der Waals surface area contributed by atoms with Crippen molar-refractivity contribution in [2.45, 2.75) is 24.9 Å². The predicted octanol–water partition coefficient (Wildman–Crippen LogP) is 3.94. The third kappa shape index (κ3) is 2.66. The van der Waals surface area contributed by atoms with Crippen molar-refractivity contribution in [3.63, 3.8) is 0 Å². The van der Waals surface area contributed by atoms with Crippen LogP contribution in [0.3, 0.4) is 0 Å². The number of halogens is 1. The predicted molar refractivity (Wildman–Crippen MR) is 73.5 cm³/mol. The van der Waals surface area contributed by atoms with Crippen molar-refractivity contribution in [1.29, 1.82) is 0 Å². The third-order valence-corrected chi connectivity index (χ3v) is 3.29. The van der Waals surface area contributed by atoms with Crippen molar-refractivity contribution in [3.05, 3.63) is 60.0 Å². The van der Waals surface area contributed by atoms with Crippen LogP contribution in [0.25, 0.3) is 0 Å². The van der Waals surface area contributed by atoms with Crippen LogP contribution in [-0.2, 0) is 19.9 Å². The molecule has 1 aromatic rings. The number of allylic oxidation sites excluding steroid dienone is 1. The van der Waals surface area contributed by atoms with E-state index in [1.807, 2.05) is 0 Å². The molecular formula is C15H15ClO3. The van der Waals surface area contributed by atoms with Gasteiger partial charge in [0.05, 0.1) is 0 Å². The number of carbonyl (C=O) groups is 1. The first-order valence-corrected chi connectivity index (χ1v) is 6.43. The Bertz CT molecular complexity index is 524. The molecule has 0 aromatic heterocycles. The Balaban J connectivity index is 2.36. The molecule has 2 rings (SSSR count). The summed E-state index contributed by atoms with van der Waals surface area (Å²) in [7, 11) is 0. The summed E-state index contributed by atoms with van der Waals surface area (Å²) in [4.78, 5) is 12.1. The van der Waals surface area contributed by atoms with Crippen LogP contribution in [0.1, 0.15) is 24.8 Å². The van der Waals surface area contributed by atoms with E-state index in [0.717, 1.165) is 12.8 Å². The molecule has 1 unspecified atom stereocenters. The number of rotatable bonds is 5. The third-order valence-electron chi connectivity index (χ3n) is 3.05. The summed E-state index contributed by atoms with van der Waals surface area (Å²) >= 11 is 5.98. The topological polar surface area (TPSA) is 35.5 Å². The van der Waals surface area contributed by atoms with Crippen molar-refractivity contribution in [3.8, 4) is 0 Å². The van der Waals surface area contributed by atoms with Crippen LogP contribution in [0.15, 0.2) is 49.4 Å². The van der Waals surface area contributed by atoms with Crippen LogP contribution < -0.4 is 0 Å². The van der Waals surface area contributed by atoms with Crippen molar-refractivity contribution < 1.29 is 14.3 Å². The molecule has 0 saturated carbocycles. The van der Waals surface area contributed by atoms with Gasteiger partial charge in [-0.25, -0.2) is 4.79 Å². The quantitative estimate of drug-likeness (QED) is 0.465. The molecular weight excluding hydrogens is 264 g/mol. The second kappa shape index (κ2) is 5.49. The van der Waals surface area contributed by atoms with Crippen molar-refractivity contribution in [2.75, 3.05) is 0 Å². The van der Waals surface area contributed by atoms with Gasteiger partial charge < -0.3 is 9.47 Å². The van der Waals surface area contributed by atoms with Crippen LogP contribution in [0, 0.1) is 0 Å². The highest BCUT2D eigenvalue weighted by Crippen LogP contribution is 2.41. The summed E-state index contributed by atoms with van der Waals surface area (Å²) in [5, 5.41) is 0.550. The number of cyclic esters (lactones) is 1. The highest BCUT2D eigenvalue weighted by Gasteiger charge is 2.50. The summed E-state index contributed by atoms with van der Waals surface area (Å²) in [6.07, 6.45) is 3.86. The Morgan fingerprint density at radius 1 is 1.42 bits per heavy atom. The average molecular weight is 279 g/mol. The monoisotopic (exact) mass is 278 g/mol. The Morgan fingerprint density at radius 2 is 2.21 bits per heavy atom. The standard InChI is InChI=1S/C15H15ClO3/c1-3-4-5-9-15(14(17)18-11(2)19-15)12-7-6-8-13(16)10-12/h3,6-8,10H,1-2,4-5,9H2. The number of esters is 1. The minimum atomic E-state index is -1.13. The fourth-order valence-electron chi connectivity index (χ4n) is 2.15. The Labute approximate surface area is 117 Å². The molecule has 1 heterocycles. The van der Waals surface area contributed by atoms with Crippen molar-refractivity contribution in [1.82, 2.24) is 0 Å². The number of carbonyl (C=O) groups excluding carboxylic acids is 1. The molecule has 1 atom stereocenters. The largest absolute Gasteiger partial charge is 0.442 e. The van der Waals surface area contributed by atoms with Gasteiger partial charge in [-0.3, -0.25) is 0 Å². The van der Waals surface area contributed by atoms with Crippen molar-refractivity contribution >= 4 is 17.6 Å². The molecule has 100 valence electrons. The maximum Gasteiger partial charge on any atom is 0.363 e. The van der Waals surface area contributed by atoms with Crippen LogP contribution in [0.5, 0.6) is 0 Å². The van der Waals surface area contributed by atoms with E-state index in [4.69, 9.17) is 21.1 Å². The Kier molecular flexibility index (Phi) is 3.96. The highest BCUT2D eigenvalue weighted by molar-refractivity contribution is 6.30. The molecule has 4 heteroatoms. The molecule has 1 aliphatic heterocycles. The lowest BCUT2D eigenvalue weighted by Crippen LogP contribution is -2.33. The molecule has 0 N–H and O–H groups in total. The van der Waals surface area contributed by atoms with E-state index in [1.165, 1.54) is 0 Å². The van der Waals surface area contributed by atoms with Gasteiger partial charge in [-0.15, -0.1) is 6.58 Å². The molecule has 0 radical (unpaired) electrons. The van der Waals surface area contributed by atoms with Gasteiger partial charge >= 0.3 is 5.97 Å². The molecule has 3 nitrogen and oxygen atoms in total. The van der Waals surface area contributed by atoms with Crippen LogP contribution >= 0.6 is 11.6 Å². The summed E-state index contributed by atoms with van der Waals surface area (Å²) < 4.78 is 10.6. The van der Waals surface area contributed by atoms with E-state index in [1.54, 1.807) is 30.3 Å². The van der Waals surface area contributed by atoms with Gasteiger partial charge in [-0.2, -0.15) is 0 Å². The first-order valence-electron chi connectivity index (χ1n) is 6.05. The van der Waals surface area contributed by atoms with E-state index < -0.39 is 11.6 Å².